The smallest absolute Gasteiger partial charge is 0.164 e. The molecule has 1 heterocycles. The molecule has 1 aromatic rings. The summed E-state index contributed by atoms with van der Waals surface area (Å²) in [6.45, 7) is 0. The summed E-state index contributed by atoms with van der Waals surface area (Å²) in [6, 6.07) is 10.8. The van der Waals surface area contributed by atoms with E-state index >= 15 is 0 Å². The van der Waals surface area contributed by atoms with Gasteiger partial charge in [0, 0.05) is 56.9 Å². The van der Waals surface area contributed by atoms with Crippen LogP contribution in [0.2, 0.25) is 0 Å². The molecule has 0 saturated carbocycles. The van der Waals surface area contributed by atoms with E-state index in [0.29, 0.717) is 11.4 Å². The van der Waals surface area contributed by atoms with Crippen LogP contribution in [-0.2, 0) is 0 Å². The van der Waals surface area contributed by atoms with Gasteiger partial charge in [0.05, 0.1) is 0 Å². The summed E-state index contributed by atoms with van der Waals surface area (Å²) in [7, 11) is 0. The van der Waals surface area contributed by atoms with Gasteiger partial charge in [0.25, 0.3) is 0 Å². The van der Waals surface area contributed by atoms with Gasteiger partial charge in [-0.3, -0.25) is 0 Å². The molecule has 0 amide bonds. The van der Waals surface area contributed by atoms with Gasteiger partial charge in [0.2, 0.25) is 0 Å². The normalized spacial score (nSPS) is 10.9. The number of rotatable bonds is 0. The summed E-state index contributed by atoms with van der Waals surface area (Å²) in [5.74, 6) is 0.630. The van der Waals surface area contributed by atoms with E-state index in [9.17, 15) is 0 Å². The standard InChI is InChI=1S/C10H5N3O.K/c11-5-7(6-12)10-8-3-1-2-4-9(8)14-13-10;/h1-4,13H;. The van der Waals surface area contributed by atoms with Crippen LogP contribution in [0.25, 0.3) is 5.70 Å². The number of para-hydroxylation sites is 1. The third-order valence-corrected chi connectivity index (χ3v) is 1.89. The number of nitrogens with zero attached hydrogens (tertiary/aromatic N) is 2. The van der Waals surface area contributed by atoms with E-state index in [1.54, 1.807) is 12.1 Å². The summed E-state index contributed by atoms with van der Waals surface area (Å²) in [5, 5.41) is 17.4. The molecular weight excluding hydrogens is 217 g/mol. The van der Waals surface area contributed by atoms with Crippen LogP contribution in [0.5, 0.6) is 5.75 Å². The summed E-state index contributed by atoms with van der Waals surface area (Å²) in [5.41, 5.74) is 3.76. The average Bonchev–Trinajstić information content (AvgIpc) is 2.65. The quantitative estimate of drug-likeness (QED) is 0.524. The van der Waals surface area contributed by atoms with Crippen molar-refractivity contribution in [2.75, 3.05) is 0 Å². The van der Waals surface area contributed by atoms with Crippen LogP contribution in [0.15, 0.2) is 29.8 Å². The number of allylic oxidation sites excluding steroid dienone is 1. The minimum absolute atomic E-state index is 0. The van der Waals surface area contributed by atoms with Crippen LogP contribution >= 0.6 is 0 Å². The van der Waals surface area contributed by atoms with Gasteiger partial charge in [-0.25, -0.2) is 5.48 Å². The zero-order valence-electron chi connectivity index (χ0n) is 8.11. The maximum absolute atomic E-state index is 8.69. The topological polar surface area (TPSA) is 68.8 Å². The number of fused-ring (bicyclic) bond motifs is 1. The second kappa shape index (κ2) is 5.31. The molecule has 0 fully saturated rings. The molecule has 15 heavy (non-hydrogen) atoms. The molecule has 1 aliphatic rings. The second-order valence-corrected chi connectivity index (χ2v) is 2.67. The maximum atomic E-state index is 8.69. The Morgan fingerprint density at radius 2 is 1.87 bits per heavy atom. The van der Waals surface area contributed by atoms with Crippen molar-refractivity contribution >= 4 is 57.1 Å². The Labute approximate surface area is 130 Å². The maximum Gasteiger partial charge on any atom is 0.164 e. The van der Waals surface area contributed by atoms with E-state index in [2.05, 4.69) is 5.48 Å². The van der Waals surface area contributed by atoms with Crippen molar-refractivity contribution < 1.29 is 4.84 Å². The van der Waals surface area contributed by atoms with Crippen molar-refractivity contribution in [2.24, 2.45) is 0 Å². The molecule has 0 aliphatic carbocycles. The monoisotopic (exact) mass is 222 g/mol. The first-order valence-electron chi connectivity index (χ1n) is 3.93. The molecule has 1 aliphatic heterocycles. The molecule has 0 unspecified atom stereocenters. The van der Waals surface area contributed by atoms with Crippen LogP contribution in [0.4, 0.5) is 0 Å². The van der Waals surface area contributed by atoms with Gasteiger partial charge >= 0.3 is 0 Å². The molecule has 5 heteroatoms. The number of hydrogen-bond acceptors (Lipinski definition) is 4. The fraction of sp³-hybridized carbons (Fsp3) is 0. The van der Waals surface area contributed by atoms with Gasteiger partial charge in [0.1, 0.15) is 17.8 Å². The third-order valence-electron chi connectivity index (χ3n) is 1.89. The first-order chi connectivity index (χ1) is 6.86. The number of nitrogens with one attached hydrogen (secondary N) is 1. The Morgan fingerprint density at radius 1 is 1.20 bits per heavy atom. The van der Waals surface area contributed by atoms with Crippen LogP contribution in [0, 0.1) is 22.7 Å². The molecule has 0 atom stereocenters. The molecule has 0 bridgehead atoms. The first-order valence-corrected chi connectivity index (χ1v) is 3.93. The molecule has 0 aromatic heterocycles. The van der Waals surface area contributed by atoms with E-state index in [1.807, 2.05) is 24.3 Å². The molecule has 4 nitrogen and oxygen atoms in total. The van der Waals surface area contributed by atoms with Crippen LogP contribution in [0.1, 0.15) is 5.56 Å². The Balaban J connectivity index is 0.00000112. The molecule has 2 rings (SSSR count). The Morgan fingerprint density at radius 3 is 2.53 bits per heavy atom. The van der Waals surface area contributed by atoms with Gasteiger partial charge in [-0.05, 0) is 12.1 Å². The molecule has 0 spiro atoms. The first kappa shape index (κ1) is 12.2. The van der Waals surface area contributed by atoms with Crippen molar-refractivity contribution in [1.29, 1.82) is 10.5 Å². The van der Waals surface area contributed by atoms with Gasteiger partial charge in [0.15, 0.2) is 11.3 Å². The zero-order chi connectivity index (χ0) is 9.97. The average molecular weight is 222 g/mol. The summed E-state index contributed by atoms with van der Waals surface area (Å²) in [4.78, 5) is 5.09. The predicted molar refractivity (Wildman–Crippen MR) is 54.1 cm³/mol. The Bertz CT molecular complexity index is 480. The number of nitriles is 2. The third kappa shape index (κ3) is 2.23. The summed E-state index contributed by atoms with van der Waals surface area (Å²) in [6.07, 6.45) is 0. The number of benzene rings is 1. The molecule has 1 aromatic carbocycles. The molecule has 1 N–H and O–H groups in total. The molecule has 67 valence electrons. The predicted octanol–water partition coefficient (Wildman–Crippen LogP) is 0.961. The largest absolute Gasteiger partial charge is 0.381 e. The summed E-state index contributed by atoms with van der Waals surface area (Å²) >= 11 is 0. The molecule has 1 radical (unpaired) electrons. The van der Waals surface area contributed by atoms with E-state index in [0.717, 1.165) is 5.56 Å². The van der Waals surface area contributed by atoms with E-state index < -0.39 is 0 Å². The van der Waals surface area contributed by atoms with Gasteiger partial charge in [-0.2, -0.15) is 10.5 Å². The van der Waals surface area contributed by atoms with Gasteiger partial charge in [-0.15, -0.1) is 0 Å². The fourth-order valence-electron chi connectivity index (χ4n) is 1.25. The van der Waals surface area contributed by atoms with Crippen molar-refractivity contribution in [1.82, 2.24) is 5.48 Å². The van der Waals surface area contributed by atoms with E-state index in [1.165, 1.54) is 0 Å². The van der Waals surface area contributed by atoms with Crippen LogP contribution in [0.3, 0.4) is 0 Å². The minimum atomic E-state index is 0. The Hall–Kier alpha value is -0.824. The van der Waals surface area contributed by atoms with Crippen molar-refractivity contribution in [2.45, 2.75) is 0 Å². The van der Waals surface area contributed by atoms with E-state index in [-0.39, 0.29) is 57.0 Å². The van der Waals surface area contributed by atoms with Gasteiger partial charge < -0.3 is 4.84 Å². The number of hydrogen-bond donors (Lipinski definition) is 1. The summed E-state index contributed by atoms with van der Waals surface area (Å²) < 4.78 is 0. The second-order valence-electron chi connectivity index (χ2n) is 2.67. The van der Waals surface area contributed by atoms with Crippen molar-refractivity contribution in [3.8, 4) is 17.9 Å². The fourth-order valence-corrected chi connectivity index (χ4v) is 1.25. The van der Waals surface area contributed by atoms with Crippen molar-refractivity contribution in [3.05, 3.63) is 35.4 Å². The van der Waals surface area contributed by atoms with Crippen LogP contribution in [-0.4, -0.2) is 51.4 Å². The Kier molecular flexibility index (Phi) is 4.34. The number of hydroxylamine groups is 1. The molecule has 0 saturated heterocycles. The van der Waals surface area contributed by atoms with Gasteiger partial charge in [-0.1, -0.05) is 12.1 Å². The minimum Gasteiger partial charge on any atom is -0.381 e. The zero-order valence-corrected chi connectivity index (χ0v) is 11.2. The van der Waals surface area contributed by atoms with E-state index in [4.69, 9.17) is 15.4 Å². The molecular formula is C10H5KN3O. The SMILES string of the molecule is N#CC(C#N)=C1NOc2ccccc21.[K]. The van der Waals surface area contributed by atoms with Crippen molar-refractivity contribution in [3.63, 3.8) is 0 Å². The van der Waals surface area contributed by atoms with Crippen LogP contribution < -0.4 is 10.3 Å².